The number of nitrogens with zero attached hydrogens (tertiary/aromatic N) is 3. The Bertz CT molecular complexity index is 808. The van der Waals surface area contributed by atoms with Crippen LogP contribution in [0.25, 0.3) is 16.6 Å². The van der Waals surface area contributed by atoms with Gasteiger partial charge in [-0.1, -0.05) is 18.2 Å². The molecule has 0 amide bonds. The van der Waals surface area contributed by atoms with Gasteiger partial charge < -0.3 is 10.3 Å². The Morgan fingerprint density at radius 3 is 2.80 bits per heavy atom. The second-order valence-corrected chi connectivity index (χ2v) is 5.40. The number of pyridine rings is 1. The second-order valence-electron chi connectivity index (χ2n) is 4.44. The molecule has 102 valence electrons. The van der Waals surface area contributed by atoms with Crippen LogP contribution in [-0.4, -0.2) is 18.9 Å². The molecule has 0 bridgehead atoms. The summed E-state index contributed by atoms with van der Waals surface area (Å²) in [4.78, 5) is 16.7. The molecule has 20 heavy (non-hydrogen) atoms. The van der Waals surface area contributed by atoms with Gasteiger partial charge in [-0.3, -0.25) is 4.79 Å². The van der Waals surface area contributed by atoms with E-state index in [2.05, 4.69) is 4.98 Å². The Balaban J connectivity index is 2.47. The molecule has 0 spiro atoms. The minimum Gasteiger partial charge on any atom is -0.330 e. The highest BCUT2D eigenvalue weighted by molar-refractivity contribution is 14.1. The zero-order valence-electron chi connectivity index (χ0n) is 10.7. The smallest absolute Gasteiger partial charge is 0.284 e. The van der Waals surface area contributed by atoms with Crippen molar-refractivity contribution in [1.82, 2.24) is 12.3 Å². The Kier molecular flexibility index (Phi) is 3.58. The summed E-state index contributed by atoms with van der Waals surface area (Å²) in [7, 11) is 0. The van der Waals surface area contributed by atoms with Crippen molar-refractivity contribution in [2.75, 3.05) is 6.54 Å². The molecular weight excluding hydrogens is 367 g/mol. The fourth-order valence-electron chi connectivity index (χ4n) is 2.41. The molecule has 2 heterocycles. The number of imidazole rings is 1. The Morgan fingerprint density at radius 1 is 1.30 bits per heavy atom. The normalized spacial score (nSPS) is 11.1. The molecule has 0 radical (unpaired) electrons. The monoisotopic (exact) mass is 380 g/mol. The summed E-state index contributed by atoms with van der Waals surface area (Å²) in [5.74, 6) is 0. The van der Waals surface area contributed by atoms with Crippen LogP contribution in [0.3, 0.4) is 0 Å². The number of fused-ring (bicyclic) bond motifs is 1. The van der Waals surface area contributed by atoms with Gasteiger partial charge >= 0.3 is 0 Å². The predicted molar refractivity (Wildman–Crippen MR) is 87.5 cm³/mol. The van der Waals surface area contributed by atoms with Crippen molar-refractivity contribution in [1.29, 1.82) is 0 Å². The van der Waals surface area contributed by atoms with Crippen LogP contribution in [0.1, 0.15) is 5.56 Å². The van der Waals surface area contributed by atoms with E-state index >= 15 is 0 Å². The van der Waals surface area contributed by atoms with Gasteiger partial charge in [0.1, 0.15) is 5.69 Å². The summed E-state index contributed by atoms with van der Waals surface area (Å²) >= 11 is 2.04. The molecule has 1 aromatic carbocycles. The standard InChI is InChI=1S/C14H13IN4O/c15-19-12-4-2-1-3-10(12)11(5-6-16)13(14(19)20)18-8-7-17-9-18/h1-4,7-9H,5-6,16H2. The van der Waals surface area contributed by atoms with Gasteiger partial charge in [-0.15, -0.1) is 0 Å². The average molecular weight is 380 g/mol. The first kappa shape index (κ1) is 13.3. The molecule has 2 N–H and O–H groups in total. The van der Waals surface area contributed by atoms with Gasteiger partial charge in [0.15, 0.2) is 0 Å². The van der Waals surface area contributed by atoms with E-state index < -0.39 is 0 Å². The third kappa shape index (κ3) is 2.04. The highest BCUT2D eigenvalue weighted by Gasteiger charge is 2.16. The quantitative estimate of drug-likeness (QED) is 0.706. The molecule has 5 nitrogen and oxygen atoms in total. The highest BCUT2D eigenvalue weighted by atomic mass is 127. The first-order chi connectivity index (χ1) is 9.74. The van der Waals surface area contributed by atoms with Crippen molar-refractivity contribution < 1.29 is 0 Å². The van der Waals surface area contributed by atoms with Gasteiger partial charge in [0.25, 0.3) is 5.56 Å². The summed E-state index contributed by atoms with van der Waals surface area (Å²) in [5.41, 5.74) is 8.18. The van der Waals surface area contributed by atoms with Crippen molar-refractivity contribution in [3.05, 3.63) is 58.9 Å². The Morgan fingerprint density at radius 2 is 2.10 bits per heavy atom. The van der Waals surface area contributed by atoms with Crippen molar-refractivity contribution >= 4 is 33.8 Å². The predicted octanol–water partition coefficient (Wildman–Crippen LogP) is 1.89. The van der Waals surface area contributed by atoms with E-state index in [0.29, 0.717) is 18.7 Å². The number of rotatable bonds is 3. The Labute approximate surface area is 129 Å². The van der Waals surface area contributed by atoms with Gasteiger partial charge in [0, 0.05) is 17.8 Å². The maximum absolute atomic E-state index is 12.6. The summed E-state index contributed by atoms with van der Waals surface area (Å²) < 4.78 is 3.40. The van der Waals surface area contributed by atoms with Crippen molar-refractivity contribution in [2.45, 2.75) is 6.42 Å². The Hall–Kier alpha value is -1.67. The molecule has 2 aromatic heterocycles. The lowest BCUT2D eigenvalue weighted by atomic mass is 10.0. The van der Waals surface area contributed by atoms with Crippen molar-refractivity contribution in [3.63, 3.8) is 0 Å². The third-order valence-corrected chi connectivity index (χ3v) is 4.22. The molecule has 0 unspecified atom stereocenters. The zero-order valence-corrected chi connectivity index (χ0v) is 12.8. The third-order valence-electron chi connectivity index (χ3n) is 3.26. The number of aromatic nitrogens is 3. The van der Waals surface area contributed by atoms with E-state index in [1.807, 2.05) is 47.1 Å². The fraction of sp³-hybridized carbons (Fsp3) is 0.143. The lowest BCUT2D eigenvalue weighted by Gasteiger charge is -2.14. The van der Waals surface area contributed by atoms with Crippen LogP contribution in [0.4, 0.5) is 0 Å². The average Bonchev–Trinajstić information content (AvgIpc) is 2.99. The molecule has 0 saturated heterocycles. The van der Waals surface area contributed by atoms with Crippen molar-refractivity contribution in [3.8, 4) is 5.69 Å². The molecule has 0 saturated carbocycles. The lowest BCUT2D eigenvalue weighted by molar-refractivity contribution is 0.926. The fourth-order valence-corrected chi connectivity index (χ4v) is 3.06. The summed E-state index contributed by atoms with van der Waals surface area (Å²) in [6, 6.07) is 7.87. The van der Waals surface area contributed by atoms with Crippen LogP contribution in [0, 0.1) is 0 Å². The number of nitrogens with two attached hydrogens (primary N) is 1. The molecule has 3 rings (SSSR count). The lowest BCUT2D eigenvalue weighted by Crippen LogP contribution is -2.22. The highest BCUT2D eigenvalue weighted by Crippen LogP contribution is 2.24. The molecule has 0 aliphatic carbocycles. The van der Waals surface area contributed by atoms with E-state index in [1.54, 1.807) is 26.1 Å². The van der Waals surface area contributed by atoms with Gasteiger partial charge in [0.05, 0.1) is 34.7 Å². The topological polar surface area (TPSA) is 65.8 Å². The molecule has 0 aliphatic heterocycles. The van der Waals surface area contributed by atoms with Gasteiger partial charge in [-0.25, -0.2) is 7.76 Å². The van der Waals surface area contributed by atoms with Crippen molar-refractivity contribution in [2.24, 2.45) is 5.73 Å². The molecule has 3 aromatic rings. The zero-order chi connectivity index (χ0) is 14.1. The van der Waals surface area contributed by atoms with E-state index in [0.717, 1.165) is 16.5 Å². The largest absolute Gasteiger partial charge is 0.330 e. The van der Waals surface area contributed by atoms with Crippen LogP contribution in [0.5, 0.6) is 0 Å². The van der Waals surface area contributed by atoms with Crippen LogP contribution in [0.2, 0.25) is 0 Å². The molecular formula is C14H13IN4O. The van der Waals surface area contributed by atoms with Crippen LogP contribution < -0.4 is 11.3 Å². The first-order valence-corrected chi connectivity index (χ1v) is 7.21. The molecule has 6 heteroatoms. The van der Waals surface area contributed by atoms with Crippen LogP contribution >= 0.6 is 22.9 Å². The molecule has 0 aliphatic rings. The van der Waals surface area contributed by atoms with Gasteiger partial charge in [-0.2, -0.15) is 0 Å². The number of hydrogen-bond donors (Lipinski definition) is 1. The molecule has 0 atom stereocenters. The maximum Gasteiger partial charge on any atom is 0.284 e. The number of halogens is 1. The summed E-state index contributed by atoms with van der Waals surface area (Å²) in [6.45, 7) is 0.496. The number of para-hydroxylation sites is 1. The number of hydrogen-bond acceptors (Lipinski definition) is 3. The van der Waals surface area contributed by atoms with Gasteiger partial charge in [0.2, 0.25) is 0 Å². The van der Waals surface area contributed by atoms with E-state index in [4.69, 9.17) is 5.73 Å². The maximum atomic E-state index is 12.6. The first-order valence-electron chi connectivity index (χ1n) is 6.25. The summed E-state index contributed by atoms with van der Waals surface area (Å²) in [6.07, 6.45) is 5.74. The minimum absolute atomic E-state index is 0.0502. The molecule has 0 fully saturated rings. The minimum atomic E-state index is -0.0502. The second kappa shape index (κ2) is 5.37. The number of benzene rings is 1. The van der Waals surface area contributed by atoms with E-state index in [1.165, 1.54) is 0 Å². The van der Waals surface area contributed by atoms with E-state index in [9.17, 15) is 4.79 Å². The van der Waals surface area contributed by atoms with E-state index in [-0.39, 0.29) is 5.56 Å². The van der Waals surface area contributed by atoms with Crippen LogP contribution in [-0.2, 0) is 6.42 Å². The van der Waals surface area contributed by atoms with Gasteiger partial charge in [-0.05, 0) is 24.6 Å². The van der Waals surface area contributed by atoms with Crippen LogP contribution in [0.15, 0.2) is 47.8 Å². The SMILES string of the molecule is NCCc1c(-n2ccnc2)c(=O)n(I)c2ccccc12. The summed E-state index contributed by atoms with van der Waals surface area (Å²) in [5, 5.41) is 1.05.